The summed E-state index contributed by atoms with van der Waals surface area (Å²) < 4.78 is 5.04. The Kier molecular flexibility index (Phi) is 3.45. The van der Waals surface area contributed by atoms with E-state index in [1.165, 1.54) is 25.7 Å². The number of Topliss-reactive ketones (excluding diaryl/α,β-unsaturated/α-hetero) is 1. The maximum Gasteiger partial charge on any atom is 0.139 e. The van der Waals surface area contributed by atoms with Gasteiger partial charge < -0.3 is 4.74 Å². The van der Waals surface area contributed by atoms with Gasteiger partial charge in [-0.1, -0.05) is 13.3 Å². The first kappa shape index (κ1) is 11.1. The van der Waals surface area contributed by atoms with Gasteiger partial charge >= 0.3 is 0 Å². The number of hydrogen-bond donors (Lipinski definition) is 0. The van der Waals surface area contributed by atoms with Crippen LogP contribution in [0.1, 0.15) is 39.0 Å². The van der Waals surface area contributed by atoms with Crippen molar-refractivity contribution in [3.63, 3.8) is 0 Å². The lowest BCUT2D eigenvalue weighted by atomic mass is 9.81. The van der Waals surface area contributed by atoms with Crippen molar-refractivity contribution in [1.29, 1.82) is 0 Å². The standard InChI is InChI=1S/C13H22O2/c1-9(5-6-15-2)13(14)12-8-10-3-4-11(12)7-10/h9-12H,3-8H2,1-2H3. The van der Waals surface area contributed by atoms with E-state index in [4.69, 9.17) is 4.74 Å². The molecule has 0 aromatic rings. The number of ketones is 1. The zero-order chi connectivity index (χ0) is 10.8. The van der Waals surface area contributed by atoms with Crippen molar-refractivity contribution in [2.75, 3.05) is 13.7 Å². The van der Waals surface area contributed by atoms with Crippen molar-refractivity contribution in [2.45, 2.75) is 39.0 Å². The molecule has 0 N–H and O–H groups in total. The number of ether oxygens (including phenoxy) is 1. The molecule has 2 aliphatic rings. The summed E-state index contributed by atoms with van der Waals surface area (Å²) in [6, 6.07) is 0. The minimum Gasteiger partial charge on any atom is -0.385 e. The van der Waals surface area contributed by atoms with Crippen molar-refractivity contribution in [3.05, 3.63) is 0 Å². The summed E-state index contributed by atoms with van der Waals surface area (Å²) in [5.74, 6) is 2.72. The molecule has 86 valence electrons. The second kappa shape index (κ2) is 4.65. The van der Waals surface area contributed by atoms with Gasteiger partial charge in [-0.15, -0.1) is 0 Å². The third kappa shape index (κ3) is 2.25. The van der Waals surface area contributed by atoms with Gasteiger partial charge in [0.05, 0.1) is 0 Å². The lowest BCUT2D eigenvalue weighted by Gasteiger charge is -2.23. The largest absolute Gasteiger partial charge is 0.385 e. The van der Waals surface area contributed by atoms with Gasteiger partial charge in [0.1, 0.15) is 5.78 Å². The lowest BCUT2D eigenvalue weighted by molar-refractivity contribution is -0.128. The van der Waals surface area contributed by atoms with Gasteiger partial charge in [0, 0.05) is 25.6 Å². The summed E-state index contributed by atoms with van der Waals surface area (Å²) in [6.45, 7) is 2.78. The summed E-state index contributed by atoms with van der Waals surface area (Å²) in [6.07, 6.45) is 6.08. The van der Waals surface area contributed by atoms with Crippen LogP contribution in [0.5, 0.6) is 0 Å². The Labute approximate surface area is 92.4 Å². The fraction of sp³-hybridized carbons (Fsp3) is 0.923. The molecular weight excluding hydrogens is 188 g/mol. The zero-order valence-electron chi connectivity index (χ0n) is 9.87. The molecule has 0 aromatic carbocycles. The van der Waals surface area contributed by atoms with Crippen LogP contribution in [0.3, 0.4) is 0 Å². The highest BCUT2D eigenvalue weighted by atomic mass is 16.5. The van der Waals surface area contributed by atoms with E-state index >= 15 is 0 Å². The Bertz CT molecular complexity index is 237. The van der Waals surface area contributed by atoms with Gasteiger partial charge in [0.25, 0.3) is 0 Å². The van der Waals surface area contributed by atoms with Gasteiger partial charge in [0.2, 0.25) is 0 Å². The summed E-state index contributed by atoms with van der Waals surface area (Å²) >= 11 is 0. The van der Waals surface area contributed by atoms with E-state index in [1.54, 1.807) is 7.11 Å². The first-order chi connectivity index (χ1) is 7.22. The van der Waals surface area contributed by atoms with Crippen molar-refractivity contribution in [2.24, 2.45) is 23.7 Å². The molecule has 2 aliphatic carbocycles. The summed E-state index contributed by atoms with van der Waals surface area (Å²) in [5.41, 5.74) is 0. The van der Waals surface area contributed by atoms with Gasteiger partial charge in [0.15, 0.2) is 0 Å². The number of carbonyl (C=O) groups is 1. The average Bonchev–Trinajstić information content (AvgIpc) is 2.86. The minimum absolute atomic E-state index is 0.203. The Morgan fingerprint density at radius 2 is 2.20 bits per heavy atom. The number of hydrogen-bond acceptors (Lipinski definition) is 2. The SMILES string of the molecule is COCCC(C)C(=O)C1CC2CCC1C2. The van der Waals surface area contributed by atoms with Crippen molar-refractivity contribution < 1.29 is 9.53 Å². The molecule has 2 rings (SSSR count). The number of rotatable bonds is 5. The molecule has 2 fully saturated rings. The van der Waals surface area contributed by atoms with Crippen LogP contribution in [0.25, 0.3) is 0 Å². The highest BCUT2D eigenvalue weighted by Crippen LogP contribution is 2.49. The van der Waals surface area contributed by atoms with E-state index in [1.807, 2.05) is 0 Å². The molecule has 4 unspecified atom stereocenters. The Morgan fingerprint density at radius 3 is 2.73 bits per heavy atom. The van der Waals surface area contributed by atoms with E-state index in [0.29, 0.717) is 18.3 Å². The molecule has 2 saturated carbocycles. The van der Waals surface area contributed by atoms with Gasteiger partial charge in [-0.05, 0) is 37.5 Å². The van der Waals surface area contributed by atoms with E-state index in [9.17, 15) is 4.79 Å². The number of carbonyl (C=O) groups excluding carboxylic acids is 1. The zero-order valence-corrected chi connectivity index (χ0v) is 9.87. The summed E-state index contributed by atoms with van der Waals surface area (Å²) in [7, 11) is 1.70. The van der Waals surface area contributed by atoms with Crippen LogP contribution in [0, 0.1) is 23.7 Å². The molecule has 2 bridgehead atoms. The van der Waals surface area contributed by atoms with E-state index in [2.05, 4.69) is 6.92 Å². The highest BCUT2D eigenvalue weighted by molar-refractivity contribution is 5.83. The Hall–Kier alpha value is -0.370. The van der Waals surface area contributed by atoms with Crippen LogP contribution in [0.2, 0.25) is 0 Å². The quantitative estimate of drug-likeness (QED) is 0.697. The smallest absolute Gasteiger partial charge is 0.139 e. The second-order valence-electron chi connectivity index (χ2n) is 5.37. The van der Waals surface area contributed by atoms with Crippen molar-refractivity contribution >= 4 is 5.78 Å². The predicted octanol–water partition coefficient (Wildman–Crippen LogP) is 2.66. The molecule has 0 amide bonds. The molecule has 2 nitrogen and oxygen atoms in total. The highest BCUT2D eigenvalue weighted by Gasteiger charge is 2.43. The molecule has 0 aromatic heterocycles. The van der Waals surface area contributed by atoms with Crippen LogP contribution in [-0.4, -0.2) is 19.5 Å². The van der Waals surface area contributed by atoms with Gasteiger partial charge in [-0.25, -0.2) is 0 Å². The first-order valence-electron chi connectivity index (χ1n) is 6.25. The molecular formula is C13H22O2. The van der Waals surface area contributed by atoms with Gasteiger partial charge in [-0.2, -0.15) is 0 Å². The third-order valence-electron chi connectivity index (χ3n) is 4.34. The maximum absolute atomic E-state index is 12.2. The van der Waals surface area contributed by atoms with Gasteiger partial charge in [-0.3, -0.25) is 4.79 Å². The fourth-order valence-electron chi connectivity index (χ4n) is 3.40. The topological polar surface area (TPSA) is 26.3 Å². The fourth-order valence-corrected chi connectivity index (χ4v) is 3.40. The number of methoxy groups -OCH3 is 1. The van der Waals surface area contributed by atoms with Crippen LogP contribution in [0.4, 0.5) is 0 Å². The summed E-state index contributed by atoms with van der Waals surface area (Å²) in [4.78, 5) is 12.2. The van der Waals surface area contributed by atoms with E-state index < -0.39 is 0 Å². The Balaban J connectivity index is 1.85. The van der Waals surface area contributed by atoms with Crippen LogP contribution >= 0.6 is 0 Å². The molecule has 0 heterocycles. The van der Waals surface area contributed by atoms with Crippen molar-refractivity contribution in [1.82, 2.24) is 0 Å². The lowest BCUT2D eigenvalue weighted by Crippen LogP contribution is -2.26. The molecule has 2 heteroatoms. The van der Waals surface area contributed by atoms with Crippen LogP contribution in [-0.2, 0) is 9.53 Å². The van der Waals surface area contributed by atoms with Crippen LogP contribution < -0.4 is 0 Å². The minimum atomic E-state index is 0.203. The maximum atomic E-state index is 12.2. The molecule has 15 heavy (non-hydrogen) atoms. The van der Waals surface area contributed by atoms with E-state index in [0.717, 1.165) is 18.3 Å². The first-order valence-corrected chi connectivity index (χ1v) is 6.25. The predicted molar refractivity (Wildman–Crippen MR) is 59.6 cm³/mol. The molecule has 0 saturated heterocycles. The summed E-state index contributed by atoms with van der Waals surface area (Å²) in [5, 5.41) is 0. The molecule has 0 aliphatic heterocycles. The number of fused-ring (bicyclic) bond motifs is 2. The molecule has 0 spiro atoms. The third-order valence-corrected chi connectivity index (χ3v) is 4.34. The molecule has 0 radical (unpaired) electrons. The average molecular weight is 210 g/mol. The van der Waals surface area contributed by atoms with Crippen molar-refractivity contribution in [3.8, 4) is 0 Å². The van der Waals surface area contributed by atoms with Crippen LogP contribution in [0.15, 0.2) is 0 Å². The van der Waals surface area contributed by atoms with E-state index in [-0.39, 0.29) is 5.92 Å². The second-order valence-corrected chi connectivity index (χ2v) is 5.37. The Morgan fingerprint density at radius 1 is 1.40 bits per heavy atom. The monoisotopic (exact) mass is 210 g/mol. The molecule has 4 atom stereocenters. The normalized spacial score (nSPS) is 35.7.